The van der Waals surface area contributed by atoms with Gasteiger partial charge in [-0.3, -0.25) is 0 Å². The van der Waals surface area contributed by atoms with Gasteiger partial charge >= 0.3 is 0 Å². The lowest BCUT2D eigenvalue weighted by molar-refractivity contribution is 0.669. The van der Waals surface area contributed by atoms with Crippen molar-refractivity contribution in [2.24, 2.45) is 0 Å². The van der Waals surface area contributed by atoms with E-state index in [2.05, 4.69) is 223 Å². The molecule has 1 heterocycles. The summed E-state index contributed by atoms with van der Waals surface area (Å²) in [6.07, 6.45) is 0. The first-order valence-corrected chi connectivity index (χ1v) is 20.6. The van der Waals surface area contributed by atoms with Gasteiger partial charge in [0.05, 0.1) is 11.1 Å². The highest BCUT2D eigenvalue weighted by atomic mass is 16.3. The van der Waals surface area contributed by atoms with Gasteiger partial charge in [-0.15, -0.1) is 0 Å². The van der Waals surface area contributed by atoms with Crippen molar-refractivity contribution in [1.82, 2.24) is 0 Å². The van der Waals surface area contributed by atoms with Gasteiger partial charge in [0.25, 0.3) is 0 Å². The lowest BCUT2D eigenvalue weighted by Gasteiger charge is -2.27. The van der Waals surface area contributed by atoms with Gasteiger partial charge in [-0.2, -0.15) is 0 Å². The molecule has 0 radical (unpaired) electrons. The Morgan fingerprint density at radius 1 is 0.283 bits per heavy atom. The summed E-state index contributed by atoms with van der Waals surface area (Å²) in [5.74, 6) is 0. The van der Waals surface area contributed by atoms with Crippen LogP contribution in [-0.4, -0.2) is 0 Å². The molecule has 2 nitrogen and oxygen atoms in total. The third kappa shape index (κ3) is 5.50. The minimum Gasteiger partial charge on any atom is -0.456 e. The Morgan fingerprint density at radius 3 is 1.65 bits per heavy atom. The largest absolute Gasteiger partial charge is 0.456 e. The normalized spacial score (nSPS) is 11.7. The molecule has 0 unspecified atom stereocenters. The van der Waals surface area contributed by atoms with Crippen LogP contribution in [0.1, 0.15) is 0 Å². The second-order valence-electron chi connectivity index (χ2n) is 15.6. The van der Waals surface area contributed by atoms with Crippen LogP contribution < -0.4 is 4.90 Å². The second kappa shape index (κ2) is 13.9. The summed E-state index contributed by atoms with van der Waals surface area (Å²) in [6, 6.07) is 81.3. The SMILES string of the molecule is c1ccc(-c2c(-c3ccccc3)c3cc(-c4cccc(N(c5ccc6c(ccc7ccccc76)c5)c5cccc6oc7ccccc7c56)c4)ccc3c3ccccc23)cc1. The number of rotatable bonds is 6. The van der Waals surface area contributed by atoms with Crippen molar-refractivity contribution >= 4 is 82.1 Å². The number of furan rings is 1. The summed E-state index contributed by atoms with van der Waals surface area (Å²) in [7, 11) is 0. The Balaban J connectivity index is 1.10. The average molecular weight is 764 g/mol. The topological polar surface area (TPSA) is 16.4 Å². The lowest BCUT2D eigenvalue weighted by Crippen LogP contribution is -2.10. The Kier molecular flexibility index (Phi) is 7.89. The second-order valence-corrected chi connectivity index (χ2v) is 15.6. The molecule has 0 fully saturated rings. The zero-order chi connectivity index (χ0) is 39.6. The molecule has 0 saturated heterocycles. The van der Waals surface area contributed by atoms with Crippen LogP contribution in [0.3, 0.4) is 0 Å². The van der Waals surface area contributed by atoms with Crippen molar-refractivity contribution in [3.8, 4) is 33.4 Å². The van der Waals surface area contributed by atoms with E-state index in [1.165, 1.54) is 65.3 Å². The fourth-order valence-corrected chi connectivity index (χ4v) is 9.51. The number of benzene rings is 11. The maximum Gasteiger partial charge on any atom is 0.137 e. The first kappa shape index (κ1) is 34.1. The van der Waals surface area contributed by atoms with E-state index in [9.17, 15) is 0 Å². The predicted octanol–water partition coefficient (Wildman–Crippen LogP) is 16.7. The van der Waals surface area contributed by atoms with Crippen LogP contribution in [0.25, 0.3) is 98.4 Å². The Morgan fingerprint density at radius 2 is 0.833 bits per heavy atom. The molecule has 0 aliphatic carbocycles. The maximum atomic E-state index is 6.46. The van der Waals surface area contributed by atoms with E-state index in [-0.39, 0.29) is 0 Å². The van der Waals surface area contributed by atoms with E-state index in [4.69, 9.17) is 4.42 Å². The van der Waals surface area contributed by atoms with Crippen molar-refractivity contribution < 1.29 is 4.42 Å². The van der Waals surface area contributed by atoms with E-state index < -0.39 is 0 Å². The number of para-hydroxylation sites is 1. The maximum absolute atomic E-state index is 6.46. The van der Waals surface area contributed by atoms with Crippen LogP contribution in [0, 0.1) is 0 Å². The summed E-state index contributed by atoms with van der Waals surface area (Å²) in [5.41, 5.74) is 12.2. The molecule has 0 amide bonds. The fourth-order valence-electron chi connectivity index (χ4n) is 9.51. The quantitative estimate of drug-likeness (QED) is 0.157. The van der Waals surface area contributed by atoms with Gasteiger partial charge in [0.15, 0.2) is 0 Å². The molecule has 0 spiro atoms. The minimum absolute atomic E-state index is 0.867. The van der Waals surface area contributed by atoms with Crippen molar-refractivity contribution in [2.45, 2.75) is 0 Å². The van der Waals surface area contributed by atoms with Crippen LogP contribution in [0.5, 0.6) is 0 Å². The molecule has 12 rings (SSSR count). The molecular formula is C58H37NO. The third-order valence-corrected chi connectivity index (χ3v) is 12.2. The van der Waals surface area contributed by atoms with Crippen molar-refractivity contribution in [3.63, 3.8) is 0 Å². The highest BCUT2D eigenvalue weighted by Gasteiger charge is 2.22. The molecule has 280 valence electrons. The zero-order valence-electron chi connectivity index (χ0n) is 32.7. The third-order valence-electron chi connectivity index (χ3n) is 12.2. The number of fused-ring (bicyclic) bond motifs is 9. The van der Waals surface area contributed by atoms with Crippen LogP contribution in [0.15, 0.2) is 229 Å². The number of hydrogen-bond acceptors (Lipinski definition) is 2. The Labute approximate surface area is 347 Å². The zero-order valence-corrected chi connectivity index (χ0v) is 32.7. The van der Waals surface area contributed by atoms with E-state index in [1.54, 1.807) is 0 Å². The molecule has 12 aromatic rings. The summed E-state index contributed by atoms with van der Waals surface area (Å²) in [5, 5.41) is 12.1. The smallest absolute Gasteiger partial charge is 0.137 e. The van der Waals surface area contributed by atoms with Crippen molar-refractivity contribution in [2.75, 3.05) is 4.90 Å². The molecule has 0 saturated carbocycles. The number of nitrogens with zero attached hydrogens (tertiary/aromatic N) is 1. The average Bonchev–Trinajstić information content (AvgIpc) is 3.71. The molecule has 0 N–H and O–H groups in total. The van der Waals surface area contributed by atoms with Crippen LogP contribution in [0.4, 0.5) is 17.1 Å². The monoisotopic (exact) mass is 763 g/mol. The molecule has 0 aliphatic heterocycles. The first-order chi connectivity index (χ1) is 29.8. The molecule has 0 atom stereocenters. The molecule has 60 heavy (non-hydrogen) atoms. The highest BCUT2D eigenvalue weighted by Crippen LogP contribution is 2.47. The molecule has 0 aliphatic rings. The Hall–Kier alpha value is -7.94. The molecule has 1 aromatic heterocycles. The highest BCUT2D eigenvalue weighted by molar-refractivity contribution is 6.22. The molecule has 11 aromatic carbocycles. The lowest BCUT2D eigenvalue weighted by atomic mass is 9.84. The van der Waals surface area contributed by atoms with Gasteiger partial charge in [-0.25, -0.2) is 0 Å². The molecule has 2 heteroatoms. The van der Waals surface area contributed by atoms with Crippen LogP contribution in [-0.2, 0) is 0 Å². The predicted molar refractivity (Wildman–Crippen MR) is 255 cm³/mol. The van der Waals surface area contributed by atoms with Crippen molar-refractivity contribution in [3.05, 3.63) is 224 Å². The number of anilines is 3. The fraction of sp³-hybridized carbons (Fsp3) is 0. The summed E-state index contributed by atoms with van der Waals surface area (Å²) in [6.45, 7) is 0. The summed E-state index contributed by atoms with van der Waals surface area (Å²) < 4.78 is 6.46. The van der Waals surface area contributed by atoms with Crippen LogP contribution in [0.2, 0.25) is 0 Å². The standard InChI is InChI=1S/C58H37NO/c1-3-16-39(17-4-1)56-50-24-10-9-23-48(50)49-33-31-42(37-52(49)57(56)40-18-5-2-6-19-40)41-20-13-21-44(35-41)59(53-26-14-28-55-58(53)51-25-11-12-27-54(51)60-55)45-32-34-47-43(36-45)30-29-38-15-7-8-22-46(38)47/h1-37H. The Bertz CT molecular complexity index is 3600. The van der Waals surface area contributed by atoms with Gasteiger partial charge in [0, 0.05) is 16.8 Å². The molecular weight excluding hydrogens is 727 g/mol. The summed E-state index contributed by atoms with van der Waals surface area (Å²) >= 11 is 0. The minimum atomic E-state index is 0.867. The first-order valence-electron chi connectivity index (χ1n) is 20.6. The van der Waals surface area contributed by atoms with E-state index in [0.29, 0.717) is 0 Å². The van der Waals surface area contributed by atoms with Gasteiger partial charge in [-0.05, 0) is 125 Å². The van der Waals surface area contributed by atoms with E-state index in [1.807, 2.05) is 6.07 Å². The van der Waals surface area contributed by atoms with Gasteiger partial charge < -0.3 is 9.32 Å². The number of hydrogen-bond donors (Lipinski definition) is 0. The van der Waals surface area contributed by atoms with Gasteiger partial charge in [0.1, 0.15) is 11.2 Å². The van der Waals surface area contributed by atoms with Gasteiger partial charge in [-0.1, -0.05) is 176 Å². The van der Waals surface area contributed by atoms with E-state index in [0.717, 1.165) is 50.1 Å². The molecule has 0 bridgehead atoms. The summed E-state index contributed by atoms with van der Waals surface area (Å²) in [4.78, 5) is 2.40. The van der Waals surface area contributed by atoms with Gasteiger partial charge in [0.2, 0.25) is 0 Å². The van der Waals surface area contributed by atoms with Crippen molar-refractivity contribution in [1.29, 1.82) is 0 Å². The van der Waals surface area contributed by atoms with E-state index >= 15 is 0 Å². The van der Waals surface area contributed by atoms with Crippen LogP contribution >= 0.6 is 0 Å².